The number of hydrogen-bond acceptors (Lipinski definition) is 4. The Labute approximate surface area is 168 Å². The minimum absolute atomic E-state index is 0.139. The third-order valence-electron chi connectivity index (χ3n) is 4.16. The van der Waals surface area contributed by atoms with E-state index >= 15 is 0 Å². The van der Waals surface area contributed by atoms with E-state index in [1.165, 1.54) is 12.1 Å². The van der Waals surface area contributed by atoms with E-state index in [1.807, 2.05) is 20.8 Å². The highest BCUT2D eigenvalue weighted by Gasteiger charge is 2.34. The monoisotopic (exact) mass is 415 g/mol. The number of carbonyl (C=O) groups is 2. The standard InChI is InChI=1S/C20H28F3N3O3/c1-19(2,3)29-18(28)26(16-8-9-16)11-5-10-24-17(27)13-25-15-7-4-6-14(12-15)20(21,22)23/h4,6-7,12,16,25H,5,8-11,13H2,1-3H3,(H,24,27). The zero-order valence-corrected chi connectivity index (χ0v) is 16.9. The van der Waals surface area contributed by atoms with Crippen LogP contribution in [-0.4, -0.2) is 48.2 Å². The van der Waals surface area contributed by atoms with Crippen LogP contribution in [0.5, 0.6) is 0 Å². The van der Waals surface area contributed by atoms with Crippen molar-refractivity contribution in [1.29, 1.82) is 0 Å². The lowest BCUT2D eigenvalue weighted by molar-refractivity contribution is -0.137. The number of benzene rings is 1. The van der Waals surface area contributed by atoms with E-state index in [-0.39, 0.29) is 30.3 Å². The van der Waals surface area contributed by atoms with E-state index in [4.69, 9.17) is 4.74 Å². The van der Waals surface area contributed by atoms with E-state index in [9.17, 15) is 22.8 Å². The number of ether oxygens (including phenoxy) is 1. The molecule has 0 saturated heterocycles. The quantitative estimate of drug-likeness (QED) is 0.629. The number of hydrogen-bond donors (Lipinski definition) is 2. The molecule has 0 heterocycles. The van der Waals surface area contributed by atoms with Crippen LogP contribution in [0.25, 0.3) is 0 Å². The van der Waals surface area contributed by atoms with Crippen LogP contribution in [0.15, 0.2) is 24.3 Å². The van der Waals surface area contributed by atoms with Gasteiger partial charge in [-0.25, -0.2) is 4.79 Å². The molecule has 0 radical (unpaired) electrons. The van der Waals surface area contributed by atoms with Gasteiger partial charge in [-0.2, -0.15) is 13.2 Å². The fraction of sp³-hybridized carbons (Fsp3) is 0.600. The lowest BCUT2D eigenvalue weighted by Crippen LogP contribution is -2.40. The molecule has 0 atom stereocenters. The molecular formula is C20H28F3N3O3. The molecule has 1 aromatic rings. The van der Waals surface area contributed by atoms with Crippen molar-refractivity contribution >= 4 is 17.7 Å². The summed E-state index contributed by atoms with van der Waals surface area (Å²) in [6.45, 7) is 6.13. The van der Waals surface area contributed by atoms with Gasteiger partial charge in [0.2, 0.25) is 5.91 Å². The van der Waals surface area contributed by atoms with Crippen LogP contribution in [0, 0.1) is 0 Å². The van der Waals surface area contributed by atoms with Gasteiger partial charge in [-0.1, -0.05) is 6.07 Å². The highest BCUT2D eigenvalue weighted by Crippen LogP contribution is 2.30. The summed E-state index contributed by atoms with van der Waals surface area (Å²) in [4.78, 5) is 25.9. The smallest absolute Gasteiger partial charge is 0.416 e. The van der Waals surface area contributed by atoms with Gasteiger partial charge in [0, 0.05) is 24.8 Å². The van der Waals surface area contributed by atoms with Gasteiger partial charge < -0.3 is 20.3 Å². The molecule has 2 N–H and O–H groups in total. The summed E-state index contributed by atoms with van der Waals surface area (Å²) in [5.74, 6) is -0.336. The van der Waals surface area contributed by atoms with Gasteiger partial charge in [0.25, 0.3) is 0 Å². The first-order valence-electron chi connectivity index (χ1n) is 9.63. The van der Waals surface area contributed by atoms with Crippen LogP contribution in [0.3, 0.4) is 0 Å². The van der Waals surface area contributed by atoms with E-state index in [0.29, 0.717) is 19.5 Å². The van der Waals surface area contributed by atoms with Gasteiger partial charge in [0.05, 0.1) is 12.1 Å². The Hall–Kier alpha value is -2.45. The molecule has 0 bridgehead atoms. The van der Waals surface area contributed by atoms with E-state index in [1.54, 1.807) is 4.90 Å². The number of carbonyl (C=O) groups excluding carboxylic acids is 2. The molecule has 0 spiro atoms. The lowest BCUT2D eigenvalue weighted by atomic mass is 10.2. The molecular weight excluding hydrogens is 387 g/mol. The molecule has 2 rings (SSSR count). The normalized spacial score (nSPS) is 14.3. The Morgan fingerprint density at radius 2 is 1.90 bits per heavy atom. The summed E-state index contributed by atoms with van der Waals surface area (Å²) in [5.41, 5.74) is -1.11. The van der Waals surface area contributed by atoms with Crippen LogP contribution in [0.1, 0.15) is 45.6 Å². The first kappa shape index (κ1) is 22.8. The van der Waals surface area contributed by atoms with Crippen molar-refractivity contribution in [1.82, 2.24) is 10.2 Å². The number of amides is 2. The van der Waals surface area contributed by atoms with Crippen molar-refractivity contribution in [2.24, 2.45) is 0 Å². The molecule has 0 aromatic heterocycles. The molecule has 1 fully saturated rings. The number of nitrogens with one attached hydrogen (secondary N) is 2. The number of nitrogens with zero attached hydrogens (tertiary/aromatic N) is 1. The van der Waals surface area contributed by atoms with Crippen molar-refractivity contribution in [3.63, 3.8) is 0 Å². The maximum Gasteiger partial charge on any atom is 0.416 e. The molecule has 1 aromatic carbocycles. The van der Waals surface area contributed by atoms with Crippen molar-refractivity contribution in [3.8, 4) is 0 Å². The summed E-state index contributed by atoms with van der Waals surface area (Å²) < 4.78 is 43.5. The minimum Gasteiger partial charge on any atom is -0.444 e. The summed E-state index contributed by atoms with van der Waals surface area (Å²) >= 11 is 0. The topological polar surface area (TPSA) is 70.7 Å². The number of rotatable bonds is 8. The van der Waals surface area contributed by atoms with Gasteiger partial charge in [0.15, 0.2) is 0 Å². The summed E-state index contributed by atoms with van der Waals surface area (Å²) in [6.07, 6.45) is -2.32. The molecule has 29 heavy (non-hydrogen) atoms. The predicted molar refractivity (Wildman–Crippen MR) is 104 cm³/mol. The molecule has 1 aliphatic carbocycles. The second kappa shape index (κ2) is 9.37. The highest BCUT2D eigenvalue weighted by molar-refractivity contribution is 5.80. The zero-order chi connectivity index (χ0) is 21.7. The molecule has 1 aliphatic rings. The summed E-state index contributed by atoms with van der Waals surface area (Å²) in [6, 6.07) is 4.88. The van der Waals surface area contributed by atoms with Gasteiger partial charge in [-0.3, -0.25) is 4.79 Å². The van der Waals surface area contributed by atoms with Gasteiger partial charge >= 0.3 is 12.3 Å². The van der Waals surface area contributed by atoms with Crippen LogP contribution in [0.2, 0.25) is 0 Å². The largest absolute Gasteiger partial charge is 0.444 e. The van der Waals surface area contributed by atoms with Crippen molar-refractivity contribution < 1.29 is 27.5 Å². The van der Waals surface area contributed by atoms with Gasteiger partial charge in [-0.05, 0) is 58.2 Å². The van der Waals surface area contributed by atoms with Gasteiger partial charge in [-0.15, -0.1) is 0 Å². The Kier molecular flexibility index (Phi) is 7.37. The summed E-state index contributed by atoms with van der Waals surface area (Å²) in [5, 5.41) is 5.38. The Balaban J connectivity index is 1.71. The second-order valence-corrected chi connectivity index (χ2v) is 8.04. The maximum absolute atomic E-state index is 12.7. The number of alkyl halides is 3. The molecule has 162 valence electrons. The van der Waals surface area contributed by atoms with Crippen LogP contribution in [-0.2, 0) is 15.7 Å². The number of halogens is 3. The van der Waals surface area contributed by atoms with Crippen LogP contribution >= 0.6 is 0 Å². The lowest BCUT2D eigenvalue weighted by Gasteiger charge is -2.27. The highest BCUT2D eigenvalue weighted by atomic mass is 19.4. The number of anilines is 1. The van der Waals surface area contributed by atoms with E-state index in [2.05, 4.69) is 10.6 Å². The average molecular weight is 415 g/mol. The predicted octanol–water partition coefficient (Wildman–Crippen LogP) is 4.02. The third-order valence-corrected chi connectivity index (χ3v) is 4.16. The first-order chi connectivity index (χ1) is 13.5. The molecule has 0 unspecified atom stereocenters. The molecule has 6 nitrogen and oxygen atoms in total. The van der Waals surface area contributed by atoms with Crippen molar-refractivity contribution in [2.45, 2.75) is 57.9 Å². The Bertz CT molecular complexity index is 713. The van der Waals surface area contributed by atoms with Crippen molar-refractivity contribution in [3.05, 3.63) is 29.8 Å². The van der Waals surface area contributed by atoms with Crippen molar-refractivity contribution in [2.75, 3.05) is 25.0 Å². The Morgan fingerprint density at radius 3 is 2.48 bits per heavy atom. The molecule has 0 aliphatic heterocycles. The average Bonchev–Trinajstić information content (AvgIpc) is 3.42. The SMILES string of the molecule is CC(C)(C)OC(=O)N(CCCNC(=O)CNc1cccc(C(F)(F)F)c1)C1CC1. The first-order valence-corrected chi connectivity index (χ1v) is 9.63. The molecule has 2 amide bonds. The summed E-state index contributed by atoms with van der Waals surface area (Å²) in [7, 11) is 0. The molecule has 9 heteroatoms. The second-order valence-electron chi connectivity index (χ2n) is 8.04. The fourth-order valence-corrected chi connectivity index (χ4v) is 2.66. The van der Waals surface area contributed by atoms with Crippen LogP contribution < -0.4 is 10.6 Å². The van der Waals surface area contributed by atoms with Gasteiger partial charge in [0.1, 0.15) is 5.60 Å². The molecule has 1 saturated carbocycles. The third kappa shape index (κ3) is 8.21. The van der Waals surface area contributed by atoms with E-state index in [0.717, 1.165) is 25.0 Å². The zero-order valence-electron chi connectivity index (χ0n) is 16.9. The maximum atomic E-state index is 12.7. The van der Waals surface area contributed by atoms with Crippen LogP contribution in [0.4, 0.5) is 23.7 Å². The fourth-order valence-electron chi connectivity index (χ4n) is 2.66. The van der Waals surface area contributed by atoms with E-state index < -0.39 is 17.3 Å². The Morgan fingerprint density at radius 1 is 1.21 bits per heavy atom. The minimum atomic E-state index is -4.43.